The fourth-order valence-electron chi connectivity index (χ4n) is 1.29. The summed E-state index contributed by atoms with van der Waals surface area (Å²) in [5.74, 6) is 0.763. The summed E-state index contributed by atoms with van der Waals surface area (Å²) in [6.45, 7) is 6.24. The molecule has 1 rings (SSSR count). The zero-order valence-corrected chi connectivity index (χ0v) is 11.2. The molecule has 0 spiro atoms. The molecule has 78 valence electrons. The second-order valence-corrected chi connectivity index (χ2v) is 6.30. The van der Waals surface area contributed by atoms with Crippen molar-refractivity contribution in [2.24, 2.45) is 5.92 Å². The Kier molecular flexibility index (Phi) is 4.32. The number of hydrogen-bond donors (Lipinski definition) is 0. The smallest absolute Gasteiger partial charge is 0.164 e. The molecule has 3 heteroatoms. The van der Waals surface area contributed by atoms with Crippen molar-refractivity contribution in [3.63, 3.8) is 0 Å². The molecule has 14 heavy (non-hydrogen) atoms. The first-order chi connectivity index (χ1) is 6.54. The van der Waals surface area contributed by atoms with E-state index in [0.717, 1.165) is 20.6 Å². The van der Waals surface area contributed by atoms with Crippen molar-refractivity contribution >= 4 is 33.0 Å². The molecule has 0 N–H and O–H groups in total. The maximum atomic E-state index is 11.8. The van der Waals surface area contributed by atoms with E-state index >= 15 is 0 Å². The van der Waals surface area contributed by atoms with Gasteiger partial charge in [-0.2, -0.15) is 0 Å². The van der Waals surface area contributed by atoms with Crippen LogP contribution in [0.15, 0.2) is 9.85 Å². The van der Waals surface area contributed by atoms with Crippen LogP contribution in [-0.4, -0.2) is 5.78 Å². The number of aryl methyl sites for hydroxylation is 1. The molecule has 1 nitrogen and oxygen atoms in total. The van der Waals surface area contributed by atoms with Crippen LogP contribution in [0.2, 0.25) is 0 Å². The third-order valence-electron chi connectivity index (χ3n) is 2.42. The number of ketones is 1. The van der Waals surface area contributed by atoms with Crippen LogP contribution >= 0.6 is 27.3 Å². The van der Waals surface area contributed by atoms with Crippen molar-refractivity contribution < 1.29 is 4.79 Å². The second-order valence-electron chi connectivity index (χ2n) is 3.66. The quantitative estimate of drug-likeness (QED) is 0.742. The summed E-state index contributed by atoms with van der Waals surface area (Å²) in [5, 5.41) is 0. The highest BCUT2D eigenvalue weighted by molar-refractivity contribution is 9.11. The lowest BCUT2D eigenvalue weighted by Crippen LogP contribution is -2.05. The average molecular weight is 275 g/mol. The Morgan fingerprint density at radius 2 is 2.29 bits per heavy atom. The molecular formula is C11H15BrOS. The van der Waals surface area contributed by atoms with E-state index < -0.39 is 0 Å². The molecule has 0 aliphatic rings. The highest BCUT2D eigenvalue weighted by Gasteiger charge is 2.14. The monoisotopic (exact) mass is 274 g/mol. The Hall–Kier alpha value is -0.150. The van der Waals surface area contributed by atoms with E-state index in [9.17, 15) is 4.79 Å². The van der Waals surface area contributed by atoms with Gasteiger partial charge in [-0.25, -0.2) is 0 Å². The Balaban J connectivity index is 2.74. The molecule has 0 aromatic carbocycles. The summed E-state index contributed by atoms with van der Waals surface area (Å²) < 4.78 is 1.04. The number of thiophene rings is 1. The standard InChI is InChI=1S/C11H15BrOS/c1-4-7(2)5-10(13)9-6-11(12)14-8(9)3/h6-7H,4-5H2,1-3H3. The number of hydrogen-bond acceptors (Lipinski definition) is 2. The second kappa shape index (κ2) is 5.08. The molecule has 0 radical (unpaired) electrons. The van der Waals surface area contributed by atoms with E-state index in [1.165, 1.54) is 0 Å². The lowest BCUT2D eigenvalue weighted by Gasteiger charge is -2.06. The van der Waals surface area contributed by atoms with E-state index in [0.29, 0.717) is 12.3 Å². The molecule has 1 aromatic rings. The number of Topliss-reactive ketones (excluding diaryl/α,β-unsaturated/α-hetero) is 1. The Labute approximate surface area is 97.7 Å². The van der Waals surface area contributed by atoms with E-state index in [1.807, 2.05) is 13.0 Å². The largest absolute Gasteiger partial charge is 0.294 e. The molecule has 0 aliphatic carbocycles. The number of carbonyl (C=O) groups excluding carboxylic acids is 1. The molecule has 0 aliphatic heterocycles. The first-order valence-corrected chi connectivity index (χ1v) is 6.44. The summed E-state index contributed by atoms with van der Waals surface area (Å²) in [7, 11) is 0. The van der Waals surface area contributed by atoms with Crippen LogP contribution in [0.3, 0.4) is 0 Å². The molecule has 1 atom stereocenters. The van der Waals surface area contributed by atoms with Crippen molar-refractivity contribution in [1.82, 2.24) is 0 Å². The van der Waals surface area contributed by atoms with E-state index in [4.69, 9.17) is 0 Å². The normalized spacial score (nSPS) is 12.9. The topological polar surface area (TPSA) is 17.1 Å². The molecule has 1 heterocycles. The average Bonchev–Trinajstić information content (AvgIpc) is 2.45. The van der Waals surface area contributed by atoms with Gasteiger partial charge in [0.1, 0.15) is 0 Å². The Morgan fingerprint density at radius 3 is 2.71 bits per heavy atom. The van der Waals surface area contributed by atoms with Crippen LogP contribution in [-0.2, 0) is 0 Å². The van der Waals surface area contributed by atoms with E-state index in [2.05, 4.69) is 29.8 Å². The number of halogens is 1. The molecule has 0 fully saturated rings. The van der Waals surface area contributed by atoms with Gasteiger partial charge in [-0.3, -0.25) is 4.79 Å². The van der Waals surface area contributed by atoms with Crippen molar-refractivity contribution in [2.75, 3.05) is 0 Å². The van der Waals surface area contributed by atoms with Crippen LogP contribution in [0.5, 0.6) is 0 Å². The summed E-state index contributed by atoms with van der Waals surface area (Å²) in [5.41, 5.74) is 0.891. The van der Waals surface area contributed by atoms with Crippen molar-refractivity contribution in [3.8, 4) is 0 Å². The van der Waals surface area contributed by atoms with Gasteiger partial charge in [-0.1, -0.05) is 20.3 Å². The minimum atomic E-state index is 0.277. The summed E-state index contributed by atoms with van der Waals surface area (Å²) in [6.07, 6.45) is 1.73. The molecule has 1 aromatic heterocycles. The fraction of sp³-hybridized carbons (Fsp3) is 0.545. The zero-order valence-electron chi connectivity index (χ0n) is 8.76. The third kappa shape index (κ3) is 2.92. The maximum absolute atomic E-state index is 11.8. The molecular weight excluding hydrogens is 260 g/mol. The number of rotatable bonds is 4. The van der Waals surface area contributed by atoms with Crippen LogP contribution in [0.25, 0.3) is 0 Å². The molecule has 0 bridgehead atoms. The van der Waals surface area contributed by atoms with Crippen molar-refractivity contribution in [2.45, 2.75) is 33.6 Å². The van der Waals surface area contributed by atoms with E-state index in [1.54, 1.807) is 11.3 Å². The first-order valence-electron chi connectivity index (χ1n) is 4.83. The SMILES string of the molecule is CCC(C)CC(=O)c1cc(Br)sc1C. The highest BCUT2D eigenvalue weighted by Crippen LogP contribution is 2.28. The van der Waals surface area contributed by atoms with Crippen LogP contribution in [0.4, 0.5) is 0 Å². The van der Waals surface area contributed by atoms with Gasteiger partial charge >= 0.3 is 0 Å². The summed E-state index contributed by atoms with van der Waals surface area (Å²) in [6, 6.07) is 1.94. The molecule has 0 amide bonds. The van der Waals surface area contributed by atoms with Gasteiger partial charge in [-0.15, -0.1) is 11.3 Å². The van der Waals surface area contributed by atoms with Gasteiger partial charge in [0, 0.05) is 16.9 Å². The maximum Gasteiger partial charge on any atom is 0.164 e. The van der Waals surface area contributed by atoms with Gasteiger partial charge in [-0.05, 0) is 34.8 Å². The minimum Gasteiger partial charge on any atom is -0.294 e. The van der Waals surface area contributed by atoms with Crippen LogP contribution in [0, 0.1) is 12.8 Å². The Bertz CT molecular complexity index is 330. The van der Waals surface area contributed by atoms with Crippen molar-refractivity contribution in [1.29, 1.82) is 0 Å². The van der Waals surface area contributed by atoms with Crippen molar-refractivity contribution in [3.05, 3.63) is 20.3 Å². The van der Waals surface area contributed by atoms with Gasteiger partial charge < -0.3 is 0 Å². The Morgan fingerprint density at radius 1 is 1.64 bits per heavy atom. The lowest BCUT2D eigenvalue weighted by atomic mass is 9.98. The summed E-state index contributed by atoms with van der Waals surface area (Å²) >= 11 is 5.03. The first kappa shape index (κ1) is 11.9. The van der Waals surface area contributed by atoms with Gasteiger partial charge in [0.2, 0.25) is 0 Å². The predicted octanol–water partition coefficient (Wildman–Crippen LogP) is 4.44. The molecule has 1 unspecified atom stereocenters. The van der Waals surface area contributed by atoms with Gasteiger partial charge in [0.15, 0.2) is 5.78 Å². The van der Waals surface area contributed by atoms with Gasteiger partial charge in [0.05, 0.1) is 3.79 Å². The minimum absolute atomic E-state index is 0.277. The fourth-order valence-corrected chi connectivity index (χ4v) is 3.00. The molecule has 0 saturated carbocycles. The van der Waals surface area contributed by atoms with Gasteiger partial charge in [0.25, 0.3) is 0 Å². The molecule has 0 saturated heterocycles. The zero-order chi connectivity index (χ0) is 10.7. The third-order valence-corrected chi connectivity index (χ3v) is 3.97. The summed E-state index contributed by atoms with van der Waals surface area (Å²) in [4.78, 5) is 12.9. The predicted molar refractivity (Wildman–Crippen MR) is 65.2 cm³/mol. The lowest BCUT2D eigenvalue weighted by molar-refractivity contribution is 0.0963. The number of carbonyl (C=O) groups is 1. The van der Waals surface area contributed by atoms with Crippen LogP contribution < -0.4 is 0 Å². The van der Waals surface area contributed by atoms with E-state index in [-0.39, 0.29) is 5.78 Å². The van der Waals surface area contributed by atoms with Crippen LogP contribution in [0.1, 0.15) is 41.9 Å². The highest BCUT2D eigenvalue weighted by atomic mass is 79.9.